The number of amides is 1. The molecule has 8 nitrogen and oxygen atoms in total. The Kier molecular flexibility index (Phi) is 6.71. The molecule has 1 unspecified atom stereocenters. The smallest absolute Gasteiger partial charge is 0.297 e. The molecule has 3 rings (SSSR count). The number of nitrogens with zero attached hydrogens (tertiary/aromatic N) is 3. The first-order valence-electron chi connectivity index (χ1n) is 10.0. The summed E-state index contributed by atoms with van der Waals surface area (Å²) in [6.45, 7) is 2.38. The summed E-state index contributed by atoms with van der Waals surface area (Å²) >= 11 is 0. The molecular weight excluding hydrogens is 391 g/mol. The summed E-state index contributed by atoms with van der Waals surface area (Å²) in [5.41, 5.74) is 0.0832. The van der Waals surface area contributed by atoms with Gasteiger partial charge in [-0.25, -0.2) is 9.37 Å². The number of benzene rings is 1. The van der Waals surface area contributed by atoms with Crippen LogP contribution < -0.4 is 15.8 Å². The fourth-order valence-electron chi connectivity index (χ4n) is 3.79. The zero-order chi connectivity index (χ0) is 21.8. The molecule has 0 radical (unpaired) electrons. The highest BCUT2D eigenvalue weighted by Gasteiger charge is 2.28. The molecule has 162 valence electrons. The van der Waals surface area contributed by atoms with E-state index in [1.807, 2.05) is 4.90 Å². The second-order valence-electron chi connectivity index (χ2n) is 7.59. The third-order valence-corrected chi connectivity index (χ3v) is 5.48. The van der Waals surface area contributed by atoms with Gasteiger partial charge >= 0.3 is 0 Å². The molecule has 2 heterocycles. The highest BCUT2D eigenvalue weighted by Crippen LogP contribution is 2.25. The molecule has 30 heavy (non-hydrogen) atoms. The number of aromatic nitrogens is 2. The Morgan fingerprint density at radius 2 is 2.13 bits per heavy atom. The van der Waals surface area contributed by atoms with E-state index in [9.17, 15) is 24.2 Å². The van der Waals surface area contributed by atoms with Crippen LogP contribution >= 0.6 is 0 Å². The van der Waals surface area contributed by atoms with E-state index in [-0.39, 0.29) is 30.7 Å². The van der Waals surface area contributed by atoms with Crippen molar-refractivity contribution in [2.45, 2.75) is 45.2 Å². The van der Waals surface area contributed by atoms with Crippen molar-refractivity contribution in [3.8, 4) is 5.75 Å². The lowest BCUT2D eigenvalue weighted by atomic mass is 10.00. The van der Waals surface area contributed by atoms with Crippen LogP contribution in [0.2, 0.25) is 0 Å². The van der Waals surface area contributed by atoms with Crippen LogP contribution in [-0.2, 0) is 13.6 Å². The first kappa shape index (κ1) is 21.8. The second-order valence-corrected chi connectivity index (χ2v) is 7.59. The van der Waals surface area contributed by atoms with Crippen molar-refractivity contribution in [3.63, 3.8) is 0 Å². The van der Waals surface area contributed by atoms with Gasteiger partial charge in [-0.05, 0) is 49.8 Å². The van der Waals surface area contributed by atoms with Gasteiger partial charge in [0.2, 0.25) is 11.7 Å². The SMILES string of the molecule is Cc1cc(CNC(=O)c2nc(N3CCCCC3CCO)n(C)c(=O)c2O)ccc1F. The van der Waals surface area contributed by atoms with E-state index < -0.39 is 17.2 Å². The van der Waals surface area contributed by atoms with Gasteiger partial charge in [-0.2, -0.15) is 0 Å². The number of hydrogen-bond donors (Lipinski definition) is 3. The van der Waals surface area contributed by atoms with Crippen molar-refractivity contribution in [1.29, 1.82) is 0 Å². The molecule has 9 heteroatoms. The average molecular weight is 418 g/mol. The van der Waals surface area contributed by atoms with Crippen LogP contribution in [0.1, 0.15) is 47.3 Å². The first-order chi connectivity index (χ1) is 14.3. The monoisotopic (exact) mass is 418 g/mol. The van der Waals surface area contributed by atoms with Crippen LogP contribution in [0.25, 0.3) is 0 Å². The van der Waals surface area contributed by atoms with E-state index in [0.29, 0.717) is 30.0 Å². The number of carbonyl (C=O) groups excluding carboxylic acids is 1. The van der Waals surface area contributed by atoms with Gasteiger partial charge in [-0.3, -0.25) is 14.2 Å². The summed E-state index contributed by atoms with van der Waals surface area (Å²) in [5, 5.41) is 22.2. The third-order valence-electron chi connectivity index (χ3n) is 5.48. The molecule has 1 aromatic carbocycles. The zero-order valence-corrected chi connectivity index (χ0v) is 17.2. The highest BCUT2D eigenvalue weighted by atomic mass is 19.1. The molecule has 1 aromatic heterocycles. The lowest BCUT2D eigenvalue weighted by Crippen LogP contribution is -2.44. The lowest BCUT2D eigenvalue weighted by Gasteiger charge is -2.37. The van der Waals surface area contributed by atoms with Gasteiger partial charge in [0.25, 0.3) is 11.5 Å². The fourth-order valence-corrected chi connectivity index (χ4v) is 3.79. The van der Waals surface area contributed by atoms with Crippen molar-refractivity contribution in [3.05, 3.63) is 51.2 Å². The van der Waals surface area contributed by atoms with E-state index in [2.05, 4.69) is 10.3 Å². The molecule has 3 N–H and O–H groups in total. The van der Waals surface area contributed by atoms with Crippen molar-refractivity contribution in [2.75, 3.05) is 18.1 Å². The molecule has 0 aliphatic carbocycles. The van der Waals surface area contributed by atoms with Crippen molar-refractivity contribution in [1.82, 2.24) is 14.9 Å². The van der Waals surface area contributed by atoms with Crippen LogP contribution in [0.4, 0.5) is 10.3 Å². The van der Waals surface area contributed by atoms with Crippen LogP contribution in [0, 0.1) is 12.7 Å². The molecule has 0 bridgehead atoms. The number of piperidine rings is 1. The van der Waals surface area contributed by atoms with E-state index in [4.69, 9.17) is 0 Å². The number of aromatic hydroxyl groups is 1. The minimum atomic E-state index is -0.718. The van der Waals surface area contributed by atoms with Gasteiger partial charge in [0.1, 0.15) is 5.82 Å². The predicted molar refractivity (Wildman–Crippen MR) is 110 cm³/mol. The minimum absolute atomic E-state index is 0.00416. The standard InChI is InChI=1S/C21H27FN4O4/c1-13-11-14(6-7-16(13)22)12-23-19(29)17-18(28)20(30)25(2)21(24-17)26-9-4-3-5-15(26)8-10-27/h6-7,11,15,27-28H,3-5,8-10,12H2,1-2H3,(H,23,29). The number of nitrogens with one attached hydrogen (secondary N) is 1. The van der Waals surface area contributed by atoms with E-state index in [0.717, 1.165) is 19.3 Å². The van der Waals surface area contributed by atoms with Gasteiger partial charge in [0.15, 0.2) is 5.69 Å². The van der Waals surface area contributed by atoms with E-state index in [1.165, 1.54) is 17.7 Å². The largest absolute Gasteiger partial charge is 0.501 e. The van der Waals surface area contributed by atoms with Crippen molar-refractivity contribution >= 4 is 11.9 Å². The summed E-state index contributed by atoms with van der Waals surface area (Å²) in [6, 6.07) is 4.49. The summed E-state index contributed by atoms with van der Waals surface area (Å²) in [4.78, 5) is 31.5. The minimum Gasteiger partial charge on any atom is -0.501 e. The number of carbonyl (C=O) groups is 1. The molecule has 1 saturated heterocycles. The quantitative estimate of drug-likeness (QED) is 0.658. The van der Waals surface area contributed by atoms with E-state index >= 15 is 0 Å². The second kappa shape index (κ2) is 9.25. The molecule has 1 fully saturated rings. The Balaban J connectivity index is 1.87. The maximum Gasteiger partial charge on any atom is 0.297 e. The zero-order valence-electron chi connectivity index (χ0n) is 17.2. The van der Waals surface area contributed by atoms with E-state index in [1.54, 1.807) is 19.1 Å². The predicted octanol–water partition coefficient (Wildman–Crippen LogP) is 1.60. The number of aliphatic hydroxyl groups excluding tert-OH is 1. The molecule has 2 aromatic rings. The topological polar surface area (TPSA) is 108 Å². The molecule has 1 aliphatic rings. The molecule has 1 aliphatic heterocycles. The Hall–Kier alpha value is -2.94. The van der Waals surface area contributed by atoms with Crippen LogP contribution in [0.5, 0.6) is 5.75 Å². The van der Waals surface area contributed by atoms with Crippen LogP contribution in [0.15, 0.2) is 23.0 Å². The van der Waals surface area contributed by atoms with Gasteiger partial charge < -0.3 is 20.4 Å². The maximum atomic E-state index is 13.4. The number of aryl methyl sites for hydroxylation is 1. The lowest BCUT2D eigenvalue weighted by molar-refractivity contribution is 0.0942. The summed E-state index contributed by atoms with van der Waals surface area (Å²) in [5.74, 6) is -1.45. The summed E-state index contributed by atoms with van der Waals surface area (Å²) in [6.07, 6.45) is 3.30. The Bertz CT molecular complexity index is 990. The Morgan fingerprint density at radius 3 is 2.83 bits per heavy atom. The van der Waals surface area contributed by atoms with Crippen molar-refractivity contribution in [2.24, 2.45) is 7.05 Å². The fraction of sp³-hybridized carbons (Fsp3) is 0.476. The Labute approximate surface area is 174 Å². The number of hydrogen-bond acceptors (Lipinski definition) is 6. The molecule has 1 amide bonds. The number of anilines is 1. The molecule has 0 saturated carbocycles. The first-order valence-corrected chi connectivity index (χ1v) is 10.0. The van der Waals surface area contributed by atoms with Crippen LogP contribution in [-0.4, -0.2) is 44.9 Å². The van der Waals surface area contributed by atoms with Crippen molar-refractivity contribution < 1.29 is 19.4 Å². The van der Waals surface area contributed by atoms with Gasteiger partial charge in [0.05, 0.1) is 0 Å². The highest BCUT2D eigenvalue weighted by molar-refractivity contribution is 5.95. The summed E-state index contributed by atoms with van der Waals surface area (Å²) < 4.78 is 14.6. The van der Waals surface area contributed by atoms with Gasteiger partial charge in [0, 0.05) is 32.8 Å². The van der Waals surface area contributed by atoms with Gasteiger partial charge in [-0.1, -0.05) is 12.1 Å². The molecule has 0 spiro atoms. The maximum absolute atomic E-state index is 13.4. The van der Waals surface area contributed by atoms with Gasteiger partial charge in [-0.15, -0.1) is 0 Å². The average Bonchev–Trinajstić information content (AvgIpc) is 2.74. The molecule has 1 atom stereocenters. The Morgan fingerprint density at radius 1 is 1.37 bits per heavy atom. The number of rotatable bonds is 6. The third kappa shape index (κ3) is 4.46. The number of aliphatic hydroxyl groups is 1. The summed E-state index contributed by atoms with van der Waals surface area (Å²) in [7, 11) is 1.50. The normalized spacial score (nSPS) is 16.5. The number of halogens is 1. The molecular formula is C21H27FN4O4. The van der Waals surface area contributed by atoms with Crippen LogP contribution in [0.3, 0.4) is 0 Å².